The summed E-state index contributed by atoms with van der Waals surface area (Å²) in [6.45, 7) is 8.81. The second-order valence-corrected chi connectivity index (χ2v) is 3.72. The van der Waals surface area contributed by atoms with Crippen molar-refractivity contribution in [3.63, 3.8) is 0 Å². The summed E-state index contributed by atoms with van der Waals surface area (Å²) in [5, 5.41) is 8.94. The van der Waals surface area contributed by atoms with E-state index in [2.05, 4.69) is 33.8 Å². The molecular weight excluding hydrogens is 136 g/mol. The molecule has 0 amide bonds. The quantitative estimate of drug-likeness (QED) is 0.620. The van der Waals surface area contributed by atoms with Gasteiger partial charge in [-0.15, -0.1) is 0 Å². The van der Waals surface area contributed by atoms with Crippen molar-refractivity contribution in [1.82, 2.24) is 0 Å². The van der Waals surface area contributed by atoms with Crippen LogP contribution in [0.15, 0.2) is 11.6 Å². The number of allylic oxidation sites excluding steroid dienone is 1. The van der Waals surface area contributed by atoms with Crippen molar-refractivity contribution in [3.05, 3.63) is 11.6 Å². The van der Waals surface area contributed by atoms with Gasteiger partial charge >= 0.3 is 0 Å². The van der Waals surface area contributed by atoms with E-state index in [0.717, 1.165) is 6.42 Å². The SMILES string of the molecule is CC(C)C/C=C(/CO)C(C)C. The Balaban J connectivity index is 3.91. The van der Waals surface area contributed by atoms with Crippen molar-refractivity contribution < 1.29 is 5.11 Å². The second-order valence-electron chi connectivity index (χ2n) is 3.72. The average Bonchev–Trinajstić information content (AvgIpc) is 1.87. The summed E-state index contributed by atoms with van der Waals surface area (Å²) in [5.41, 5.74) is 1.17. The largest absolute Gasteiger partial charge is 0.392 e. The van der Waals surface area contributed by atoms with E-state index in [0.29, 0.717) is 11.8 Å². The fourth-order valence-corrected chi connectivity index (χ4v) is 0.870. The maximum absolute atomic E-state index is 8.94. The van der Waals surface area contributed by atoms with Crippen LogP contribution in [0.2, 0.25) is 0 Å². The summed E-state index contributed by atoms with van der Waals surface area (Å²) in [7, 11) is 0. The standard InChI is InChI=1S/C10H20O/c1-8(2)5-6-10(7-11)9(3)4/h6,8-9,11H,5,7H2,1-4H3/b10-6-. The monoisotopic (exact) mass is 156 g/mol. The number of aliphatic hydroxyl groups is 1. The minimum Gasteiger partial charge on any atom is -0.392 e. The van der Waals surface area contributed by atoms with Gasteiger partial charge in [-0.1, -0.05) is 33.8 Å². The molecule has 11 heavy (non-hydrogen) atoms. The highest BCUT2D eigenvalue weighted by Crippen LogP contribution is 2.11. The Bertz CT molecular complexity index is 123. The third-order valence-corrected chi connectivity index (χ3v) is 1.78. The first kappa shape index (κ1) is 10.7. The van der Waals surface area contributed by atoms with Crippen molar-refractivity contribution in [1.29, 1.82) is 0 Å². The van der Waals surface area contributed by atoms with Gasteiger partial charge in [0, 0.05) is 0 Å². The van der Waals surface area contributed by atoms with Crippen molar-refractivity contribution in [2.24, 2.45) is 11.8 Å². The second kappa shape index (κ2) is 5.36. The molecule has 66 valence electrons. The molecule has 0 spiro atoms. The van der Waals surface area contributed by atoms with E-state index in [9.17, 15) is 0 Å². The van der Waals surface area contributed by atoms with E-state index < -0.39 is 0 Å². The predicted molar refractivity (Wildman–Crippen MR) is 49.5 cm³/mol. The highest BCUT2D eigenvalue weighted by atomic mass is 16.3. The molecule has 0 aromatic carbocycles. The molecule has 0 radical (unpaired) electrons. The number of hydrogen-bond acceptors (Lipinski definition) is 1. The summed E-state index contributed by atoms with van der Waals surface area (Å²) in [5.74, 6) is 1.18. The van der Waals surface area contributed by atoms with Crippen LogP contribution in [0, 0.1) is 11.8 Å². The predicted octanol–water partition coefficient (Wildman–Crippen LogP) is 2.61. The minimum absolute atomic E-state index is 0.213. The van der Waals surface area contributed by atoms with Crippen LogP contribution in [0.3, 0.4) is 0 Å². The zero-order valence-electron chi connectivity index (χ0n) is 8.09. The van der Waals surface area contributed by atoms with Gasteiger partial charge in [-0.2, -0.15) is 0 Å². The van der Waals surface area contributed by atoms with Crippen molar-refractivity contribution >= 4 is 0 Å². The molecule has 0 saturated carbocycles. The van der Waals surface area contributed by atoms with Crippen LogP contribution in [0.5, 0.6) is 0 Å². The highest BCUT2D eigenvalue weighted by Gasteiger charge is 2.00. The lowest BCUT2D eigenvalue weighted by Crippen LogP contribution is -1.99. The van der Waals surface area contributed by atoms with Gasteiger partial charge in [0.15, 0.2) is 0 Å². The molecule has 0 atom stereocenters. The molecule has 0 saturated heterocycles. The van der Waals surface area contributed by atoms with E-state index in [4.69, 9.17) is 5.11 Å². The van der Waals surface area contributed by atoms with E-state index in [1.807, 2.05) is 0 Å². The fraction of sp³-hybridized carbons (Fsp3) is 0.800. The molecular formula is C10H20O. The van der Waals surface area contributed by atoms with E-state index >= 15 is 0 Å². The first-order valence-electron chi connectivity index (χ1n) is 4.37. The molecule has 1 N–H and O–H groups in total. The Kier molecular flexibility index (Phi) is 5.22. The molecule has 0 aliphatic heterocycles. The number of rotatable bonds is 4. The van der Waals surface area contributed by atoms with E-state index in [-0.39, 0.29) is 6.61 Å². The van der Waals surface area contributed by atoms with Gasteiger partial charge in [0.2, 0.25) is 0 Å². The van der Waals surface area contributed by atoms with Crippen molar-refractivity contribution in [2.75, 3.05) is 6.61 Å². The smallest absolute Gasteiger partial charge is 0.0644 e. The van der Waals surface area contributed by atoms with E-state index in [1.165, 1.54) is 5.57 Å². The van der Waals surface area contributed by atoms with Gasteiger partial charge in [0.1, 0.15) is 0 Å². The summed E-state index contributed by atoms with van der Waals surface area (Å²) in [4.78, 5) is 0. The van der Waals surface area contributed by atoms with Crippen LogP contribution in [-0.2, 0) is 0 Å². The van der Waals surface area contributed by atoms with Crippen LogP contribution >= 0.6 is 0 Å². The van der Waals surface area contributed by atoms with Crippen LogP contribution in [0.1, 0.15) is 34.1 Å². The Morgan fingerprint density at radius 1 is 1.27 bits per heavy atom. The highest BCUT2D eigenvalue weighted by molar-refractivity contribution is 5.04. The molecule has 0 rings (SSSR count). The molecule has 1 nitrogen and oxygen atoms in total. The lowest BCUT2D eigenvalue weighted by atomic mass is 10.0. The first-order chi connectivity index (χ1) is 5.07. The van der Waals surface area contributed by atoms with Crippen LogP contribution < -0.4 is 0 Å². The summed E-state index contributed by atoms with van der Waals surface area (Å²) < 4.78 is 0. The Labute approximate surface area is 70.1 Å². The van der Waals surface area contributed by atoms with Gasteiger partial charge < -0.3 is 5.11 Å². The topological polar surface area (TPSA) is 20.2 Å². The molecule has 0 aromatic rings. The summed E-state index contributed by atoms with van der Waals surface area (Å²) in [6, 6.07) is 0. The van der Waals surface area contributed by atoms with Gasteiger partial charge in [0.05, 0.1) is 6.61 Å². The molecule has 0 aliphatic rings. The summed E-state index contributed by atoms with van der Waals surface area (Å²) >= 11 is 0. The van der Waals surface area contributed by atoms with Gasteiger partial charge in [-0.3, -0.25) is 0 Å². The Hall–Kier alpha value is -0.300. The van der Waals surface area contributed by atoms with Gasteiger partial charge in [-0.05, 0) is 23.8 Å². The first-order valence-corrected chi connectivity index (χ1v) is 4.37. The lowest BCUT2D eigenvalue weighted by molar-refractivity contribution is 0.317. The zero-order valence-corrected chi connectivity index (χ0v) is 8.09. The third-order valence-electron chi connectivity index (χ3n) is 1.78. The van der Waals surface area contributed by atoms with Gasteiger partial charge in [-0.25, -0.2) is 0 Å². The molecule has 0 heterocycles. The van der Waals surface area contributed by atoms with Crippen LogP contribution in [0.25, 0.3) is 0 Å². The molecule has 0 fully saturated rings. The van der Waals surface area contributed by atoms with Gasteiger partial charge in [0.25, 0.3) is 0 Å². The van der Waals surface area contributed by atoms with Crippen LogP contribution in [0.4, 0.5) is 0 Å². The molecule has 0 bridgehead atoms. The normalized spacial score (nSPS) is 13.2. The van der Waals surface area contributed by atoms with Crippen molar-refractivity contribution in [3.8, 4) is 0 Å². The molecule has 0 aliphatic carbocycles. The number of hydrogen-bond donors (Lipinski definition) is 1. The molecule has 0 unspecified atom stereocenters. The van der Waals surface area contributed by atoms with Crippen molar-refractivity contribution in [2.45, 2.75) is 34.1 Å². The number of aliphatic hydroxyl groups excluding tert-OH is 1. The maximum atomic E-state index is 8.94. The average molecular weight is 156 g/mol. The molecule has 0 aromatic heterocycles. The Morgan fingerprint density at radius 2 is 1.82 bits per heavy atom. The summed E-state index contributed by atoms with van der Waals surface area (Å²) in [6.07, 6.45) is 3.24. The molecule has 1 heteroatoms. The third kappa shape index (κ3) is 5.02. The minimum atomic E-state index is 0.213. The maximum Gasteiger partial charge on any atom is 0.0644 e. The zero-order chi connectivity index (χ0) is 8.85. The fourth-order valence-electron chi connectivity index (χ4n) is 0.870. The lowest BCUT2D eigenvalue weighted by Gasteiger charge is -2.08. The Morgan fingerprint density at radius 3 is 2.09 bits per heavy atom. The van der Waals surface area contributed by atoms with E-state index in [1.54, 1.807) is 0 Å². The van der Waals surface area contributed by atoms with Crippen LogP contribution in [-0.4, -0.2) is 11.7 Å².